The van der Waals surface area contributed by atoms with Crippen molar-refractivity contribution in [3.63, 3.8) is 0 Å². The predicted molar refractivity (Wildman–Crippen MR) is 111 cm³/mol. The summed E-state index contributed by atoms with van der Waals surface area (Å²) in [6.07, 6.45) is 0. The molecule has 11 heteroatoms. The van der Waals surface area contributed by atoms with Crippen LogP contribution in [0.4, 0.5) is 5.69 Å². The van der Waals surface area contributed by atoms with Crippen LogP contribution in [-0.4, -0.2) is 67.6 Å². The van der Waals surface area contributed by atoms with E-state index in [0.717, 1.165) is 5.56 Å². The summed E-state index contributed by atoms with van der Waals surface area (Å²) < 4.78 is -0.728. The van der Waals surface area contributed by atoms with Crippen LogP contribution in [0.3, 0.4) is 0 Å². The fraction of sp³-hybridized carbons (Fsp3) is 0.474. The molecule has 2 heterocycles. The highest BCUT2D eigenvalue weighted by Gasteiger charge is 2.64. The lowest BCUT2D eigenvalue weighted by Crippen LogP contribution is -2.71. The third kappa shape index (κ3) is 4.06. The van der Waals surface area contributed by atoms with E-state index in [4.69, 9.17) is 11.6 Å². The molecular weight excluding hydrogens is 434 g/mol. The zero-order valence-corrected chi connectivity index (χ0v) is 17.9. The average Bonchev–Trinajstić information content (AvgIpc) is 2.94. The molecule has 0 spiro atoms. The number of carbonyl (C=O) groups excluding carboxylic acids is 2. The molecule has 0 aliphatic carbocycles. The first-order valence-corrected chi connectivity index (χ1v) is 10.6. The largest absolute Gasteiger partial charge is 0.481 e. The standard InChI is InChI=1S/C19H22ClN3O6S/c1-19(2)13(18(28)29)23-15(25)12(16(23)30-19)22-14(24)11(17(26)27)8-21-10-5-3-9(7-20)4-6-10/h3-6,11-13,16,21H,7-8H2,1-2H3,(H,22,24)(H,26,27)(H,28,29). The molecule has 2 aliphatic rings. The first-order valence-electron chi connectivity index (χ1n) is 9.21. The lowest BCUT2D eigenvalue weighted by molar-refractivity contribution is -0.161. The minimum atomic E-state index is -1.42. The van der Waals surface area contributed by atoms with Gasteiger partial charge in [0.15, 0.2) is 5.92 Å². The number of fused-ring (bicyclic) bond motifs is 1. The van der Waals surface area contributed by atoms with Crippen molar-refractivity contribution in [1.29, 1.82) is 0 Å². The van der Waals surface area contributed by atoms with Gasteiger partial charge in [0.05, 0.1) is 0 Å². The van der Waals surface area contributed by atoms with E-state index in [1.54, 1.807) is 38.1 Å². The Labute approximate surface area is 182 Å². The van der Waals surface area contributed by atoms with Crippen molar-refractivity contribution >= 4 is 52.8 Å². The van der Waals surface area contributed by atoms with Gasteiger partial charge < -0.3 is 25.7 Å². The molecule has 0 aromatic heterocycles. The number of amides is 2. The third-order valence-corrected chi connectivity index (χ3v) is 7.09. The van der Waals surface area contributed by atoms with E-state index in [9.17, 15) is 29.4 Å². The van der Waals surface area contributed by atoms with Crippen LogP contribution < -0.4 is 10.6 Å². The summed E-state index contributed by atoms with van der Waals surface area (Å²) in [4.78, 5) is 49.4. The highest BCUT2D eigenvalue weighted by atomic mass is 35.5. The monoisotopic (exact) mass is 455 g/mol. The highest BCUT2D eigenvalue weighted by molar-refractivity contribution is 8.01. The van der Waals surface area contributed by atoms with E-state index in [1.807, 2.05) is 0 Å². The highest BCUT2D eigenvalue weighted by Crippen LogP contribution is 2.50. The predicted octanol–water partition coefficient (Wildman–Crippen LogP) is 1.17. The van der Waals surface area contributed by atoms with E-state index in [-0.39, 0.29) is 6.54 Å². The number of nitrogens with one attached hydrogen (secondary N) is 2. The van der Waals surface area contributed by atoms with Gasteiger partial charge in [-0.15, -0.1) is 23.4 Å². The molecule has 2 fully saturated rings. The van der Waals surface area contributed by atoms with Crippen LogP contribution in [-0.2, 0) is 25.1 Å². The van der Waals surface area contributed by atoms with Crippen molar-refractivity contribution in [2.75, 3.05) is 11.9 Å². The maximum absolute atomic E-state index is 12.6. The molecule has 0 saturated carbocycles. The lowest BCUT2D eigenvalue weighted by atomic mass is 9.95. The molecule has 1 aromatic rings. The van der Waals surface area contributed by atoms with Crippen molar-refractivity contribution in [3.8, 4) is 0 Å². The number of anilines is 1. The number of aliphatic carboxylic acids is 2. The van der Waals surface area contributed by atoms with Gasteiger partial charge in [0.25, 0.3) is 0 Å². The number of hydrogen-bond acceptors (Lipinski definition) is 6. The van der Waals surface area contributed by atoms with E-state index in [2.05, 4.69) is 10.6 Å². The molecule has 2 saturated heterocycles. The summed E-state index contributed by atoms with van der Waals surface area (Å²) >= 11 is 7.01. The normalized spacial score (nSPS) is 25.1. The second kappa shape index (κ2) is 8.35. The molecule has 162 valence electrons. The Morgan fingerprint density at radius 1 is 1.23 bits per heavy atom. The molecule has 4 unspecified atom stereocenters. The van der Waals surface area contributed by atoms with Crippen LogP contribution in [0.15, 0.2) is 24.3 Å². The van der Waals surface area contributed by atoms with E-state index < -0.39 is 51.9 Å². The molecule has 4 N–H and O–H groups in total. The molecule has 2 amide bonds. The van der Waals surface area contributed by atoms with Crippen LogP contribution >= 0.6 is 23.4 Å². The van der Waals surface area contributed by atoms with Crippen LogP contribution in [0.5, 0.6) is 0 Å². The Morgan fingerprint density at radius 2 is 1.87 bits per heavy atom. The Kier molecular flexibility index (Phi) is 6.19. The first-order chi connectivity index (χ1) is 14.1. The summed E-state index contributed by atoms with van der Waals surface area (Å²) in [5.74, 6) is -4.83. The molecule has 30 heavy (non-hydrogen) atoms. The minimum absolute atomic E-state index is 0.174. The first kappa shape index (κ1) is 22.2. The quantitative estimate of drug-likeness (QED) is 0.260. The summed E-state index contributed by atoms with van der Waals surface area (Å²) in [6.45, 7) is 3.27. The molecule has 1 aromatic carbocycles. The van der Waals surface area contributed by atoms with E-state index in [1.165, 1.54) is 16.7 Å². The Morgan fingerprint density at radius 3 is 2.40 bits per heavy atom. The SMILES string of the molecule is CC1(C)SC2C(NC(=O)C(CNc3ccc(CCl)cc3)C(=O)O)C(=O)N2C1C(=O)O. The van der Waals surface area contributed by atoms with Gasteiger partial charge in [-0.05, 0) is 31.5 Å². The van der Waals surface area contributed by atoms with Crippen LogP contribution in [0.1, 0.15) is 19.4 Å². The van der Waals surface area contributed by atoms with Gasteiger partial charge in [0.2, 0.25) is 11.8 Å². The maximum Gasteiger partial charge on any atom is 0.327 e. The maximum atomic E-state index is 12.6. The lowest BCUT2D eigenvalue weighted by Gasteiger charge is -2.43. The fourth-order valence-electron chi connectivity index (χ4n) is 3.62. The van der Waals surface area contributed by atoms with Gasteiger partial charge in [-0.25, -0.2) is 4.79 Å². The Hall–Kier alpha value is -2.46. The smallest absolute Gasteiger partial charge is 0.327 e. The zero-order valence-electron chi connectivity index (χ0n) is 16.3. The van der Waals surface area contributed by atoms with Gasteiger partial charge in [0.1, 0.15) is 17.5 Å². The van der Waals surface area contributed by atoms with Gasteiger partial charge in [-0.1, -0.05) is 12.1 Å². The molecule has 2 aliphatic heterocycles. The number of halogens is 1. The van der Waals surface area contributed by atoms with Gasteiger partial charge in [0, 0.05) is 22.9 Å². The van der Waals surface area contributed by atoms with Gasteiger partial charge >= 0.3 is 11.9 Å². The molecule has 3 rings (SSSR count). The van der Waals surface area contributed by atoms with Gasteiger partial charge in [-0.2, -0.15) is 0 Å². The molecule has 9 nitrogen and oxygen atoms in total. The number of thioether (sulfide) groups is 1. The number of nitrogens with zero attached hydrogens (tertiary/aromatic N) is 1. The second-order valence-electron chi connectivity index (χ2n) is 7.69. The second-order valence-corrected chi connectivity index (χ2v) is 9.72. The summed E-state index contributed by atoms with van der Waals surface area (Å²) in [5, 5.41) is 23.8. The Bertz CT molecular complexity index is 878. The number of carboxylic acids is 2. The van der Waals surface area contributed by atoms with Crippen LogP contribution in [0.2, 0.25) is 0 Å². The van der Waals surface area contributed by atoms with Crippen LogP contribution in [0, 0.1) is 5.92 Å². The Balaban J connectivity index is 1.64. The summed E-state index contributed by atoms with van der Waals surface area (Å²) in [6, 6.07) is 5.07. The van der Waals surface area contributed by atoms with E-state index >= 15 is 0 Å². The number of carboxylic acid groups (broad SMARTS) is 2. The number of benzene rings is 1. The van der Waals surface area contributed by atoms with Crippen LogP contribution in [0.25, 0.3) is 0 Å². The summed E-state index contributed by atoms with van der Waals surface area (Å²) in [7, 11) is 0. The zero-order chi connectivity index (χ0) is 22.2. The molecule has 0 radical (unpaired) electrons. The van der Waals surface area contributed by atoms with Crippen molar-refractivity contribution in [1.82, 2.24) is 10.2 Å². The fourth-order valence-corrected chi connectivity index (χ4v) is 5.43. The van der Waals surface area contributed by atoms with Gasteiger partial charge in [-0.3, -0.25) is 14.4 Å². The van der Waals surface area contributed by atoms with E-state index in [0.29, 0.717) is 11.6 Å². The summed E-state index contributed by atoms with van der Waals surface area (Å²) in [5.41, 5.74) is 1.53. The molecule has 0 bridgehead atoms. The number of carbonyl (C=O) groups is 4. The van der Waals surface area contributed by atoms with Crippen molar-refractivity contribution in [2.24, 2.45) is 5.92 Å². The number of β-lactam (4-membered cyclic amide) rings is 1. The molecule has 4 atom stereocenters. The number of hydrogen-bond donors (Lipinski definition) is 4. The third-order valence-electron chi connectivity index (χ3n) is 5.21. The minimum Gasteiger partial charge on any atom is -0.481 e. The number of rotatable bonds is 8. The van der Waals surface area contributed by atoms with Crippen molar-refractivity contribution in [3.05, 3.63) is 29.8 Å². The van der Waals surface area contributed by atoms with Crippen molar-refractivity contribution < 1.29 is 29.4 Å². The number of alkyl halides is 1. The van der Waals surface area contributed by atoms with Crippen molar-refractivity contribution in [2.45, 2.75) is 41.9 Å². The topological polar surface area (TPSA) is 136 Å². The average molecular weight is 456 g/mol. The molecular formula is C19H22ClN3O6S.